The van der Waals surface area contributed by atoms with Gasteiger partial charge in [-0.15, -0.1) is 0 Å². The first kappa shape index (κ1) is 8.18. The molecule has 1 aliphatic carbocycles. The van der Waals surface area contributed by atoms with E-state index in [-0.39, 0.29) is 10.6 Å². The van der Waals surface area contributed by atoms with Gasteiger partial charge in [-0.05, 0) is 16.3 Å². The standard InChI is InChI=1S/C12H7BrO/c13-11-8-5-1-3-7-4-2-6-9(10(7)8)12(11)14/h1-6,11H. The number of benzene rings is 2. The smallest absolute Gasteiger partial charge is 0.181 e. The first-order valence-corrected chi connectivity index (χ1v) is 5.40. The van der Waals surface area contributed by atoms with Crippen LogP contribution in [-0.2, 0) is 0 Å². The third-order valence-electron chi connectivity index (χ3n) is 2.71. The molecule has 0 N–H and O–H groups in total. The summed E-state index contributed by atoms with van der Waals surface area (Å²) in [7, 11) is 0. The minimum atomic E-state index is -0.149. The van der Waals surface area contributed by atoms with E-state index in [2.05, 4.69) is 15.9 Å². The van der Waals surface area contributed by atoms with Gasteiger partial charge >= 0.3 is 0 Å². The molecule has 2 aromatic carbocycles. The molecule has 0 amide bonds. The summed E-state index contributed by atoms with van der Waals surface area (Å²) >= 11 is 3.43. The molecule has 3 rings (SSSR count). The first-order valence-electron chi connectivity index (χ1n) is 4.49. The summed E-state index contributed by atoms with van der Waals surface area (Å²) in [6.07, 6.45) is 0. The minimum absolute atomic E-state index is 0.149. The fourth-order valence-electron chi connectivity index (χ4n) is 2.06. The molecule has 0 radical (unpaired) electrons. The van der Waals surface area contributed by atoms with Gasteiger partial charge < -0.3 is 0 Å². The lowest BCUT2D eigenvalue weighted by molar-refractivity contribution is 0.0998. The second kappa shape index (κ2) is 2.67. The molecule has 2 heteroatoms. The summed E-state index contributed by atoms with van der Waals surface area (Å²) < 4.78 is 0. The lowest BCUT2D eigenvalue weighted by Crippen LogP contribution is -1.97. The maximum atomic E-state index is 11.8. The van der Waals surface area contributed by atoms with Gasteiger partial charge in [-0.25, -0.2) is 0 Å². The Morgan fingerprint density at radius 2 is 1.79 bits per heavy atom. The molecule has 2 aromatic rings. The van der Waals surface area contributed by atoms with Crippen molar-refractivity contribution in [2.24, 2.45) is 0 Å². The topological polar surface area (TPSA) is 17.1 Å². The molecule has 0 fully saturated rings. The van der Waals surface area contributed by atoms with Crippen molar-refractivity contribution >= 4 is 32.5 Å². The molecule has 1 nitrogen and oxygen atoms in total. The molecular formula is C12H7BrO. The normalized spacial score (nSPS) is 19.2. The number of hydrogen-bond acceptors (Lipinski definition) is 1. The number of alkyl halides is 1. The van der Waals surface area contributed by atoms with E-state index in [9.17, 15) is 4.79 Å². The zero-order chi connectivity index (χ0) is 9.71. The first-order chi connectivity index (χ1) is 6.79. The van der Waals surface area contributed by atoms with E-state index in [1.54, 1.807) is 0 Å². The van der Waals surface area contributed by atoms with Gasteiger partial charge in [-0.1, -0.05) is 52.3 Å². The third-order valence-corrected chi connectivity index (χ3v) is 3.61. The number of hydrogen-bond donors (Lipinski definition) is 0. The SMILES string of the molecule is O=C1c2cccc3cccc(c23)C1Br. The fourth-order valence-corrected chi connectivity index (χ4v) is 2.69. The summed E-state index contributed by atoms with van der Waals surface area (Å²) in [5.74, 6) is 0.178. The molecule has 68 valence electrons. The molecule has 0 spiro atoms. The van der Waals surface area contributed by atoms with E-state index in [1.807, 2.05) is 36.4 Å². The van der Waals surface area contributed by atoms with Crippen molar-refractivity contribution in [1.29, 1.82) is 0 Å². The molecule has 0 bridgehead atoms. The Kier molecular flexibility index (Phi) is 1.56. The number of carbonyl (C=O) groups excluding carboxylic acids is 1. The second-order valence-corrected chi connectivity index (χ2v) is 4.39. The molecule has 0 heterocycles. The molecule has 1 atom stereocenters. The maximum absolute atomic E-state index is 11.8. The zero-order valence-electron chi connectivity index (χ0n) is 7.33. The number of carbonyl (C=O) groups is 1. The summed E-state index contributed by atoms with van der Waals surface area (Å²) in [5, 5.41) is 2.26. The zero-order valence-corrected chi connectivity index (χ0v) is 8.91. The van der Waals surface area contributed by atoms with Gasteiger partial charge in [-0.3, -0.25) is 4.79 Å². The van der Waals surface area contributed by atoms with Crippen molar-refractivity contribution in [1.82, 2.24) is 0 Å². The molecule has 0 saturated heterocycles. The van der Waals surface area contributed by atoms with Crippen molar-refractivity contribution in [2.75, 3.05) is 0 Å². The van der Waals surface area contributed by atoms with E-state index in [1.165, 1.54) is 0 Å². The van der Waals surface area contributed by atoms with Crippen molar-refractivity contribution in [3.63, 3.8) is 0 Å². The number of ketones is 1. The minimum Gasteiger partial charge on any atom is -0.293 e. The molecule has 0 saturated carbocycles. The van der Waals surface area contributed by atoms with Crippen LogP contribution >= 0.6 is 15.9 Å². The van der Waals surface area contributed by atoms with E-state index in [0.29, 0.717) is 0 Å². The van der Waals surface area contributed by atoms with Crippen LogP contribution in [0.5, 0.6) is 0 Å². The molecular weight excluding hydrogens is 240 g/mol. The van der Waals surface area contributed by atoms with Gasteiger partial charge in [0.25, 0.3) is 0 Å². The van der Waals surface area contributed by atoms with Gasteiger partial charge in [0, 0.05) is 5.56 Å². The van der Waals surface area contributed by atoms with Crippen LogP contribution in [0.2, 0.25) is 0 Å². The van der Waals surface area contributed by atoms with Gasteiger partial charge in [0.15, 0.2) is 5.78 Å². The van der Waals surface area contributed by atoms with E-state index < -0.39 is 0 Å². The van der Waals surface area contributed by atoms with Crippen LogP contribution in [-0.4, -0.2) is 5.78 Å². The Bertz CT molecular complexity index is 540. The van der Waals surface area contributed by atoms with Crippen molar-refractivity contribution in [3.05, 3.63) is 47.5 Å². The van der Waals surface area contributed by atoms with Gasteiger partial charge in [-0.2, -0.15) is 0 Å². The van der Waals surface area contributed by atoms with Crippen LogP contribution in [0.25, 0.3) is 10.8 Å². The predicted octanol–water partition coefficient (Wildman–Crippen LogP) is 3.47. The molecule has 1 aliphatic rings. The summed E-state index contributed by atoms with van der Waals surface area (Å²) in [6, 6.07) is 11.9. The van der Waals surface area contributed by atoms with Crippen LogP contribution < -0.4 is 0 Å². The van der Waals surface area contributed by atoms with E-state index in [0.717, 1.165) is 21.9 Å². The lowest BCUT2D eigenvalue weighted by atomic mass is 10.1. The monoisotopic (exact) mass is 246 g/mol. The van der Waals surface area contributed by atoms with Crippen LogP contribution in [0, 0.1) is 0 Å². The average molecular weight is 247 g/mol. The molecule has 0 aromatic heterocycles. The van der Waals surface area contributed by atoms with Crippen LogP contribution in [0.15, 0.2) is 36.4 Å². The average Bonchev–Trinajstić information content (AvgIpc) is 2.47. The highest BCUT2D eigenvalue weighted by atomic mass is 79.9. The van der Waals surface area contributed by atoms with Gasteiger partial charge in [0.1, 0.15) is 4.83 Å². The summed E-state index contributed by atoms with van der Waals surface area (Å²) in [5.41, 5.74) is 1.95. The number of rotatable bonds is 0. The van der Waals surface area contributed by atoms with E-state index >= 15 is 0 Å². The largest absolute Gasteiger partial charge is 0.293 e. The van der Waals surface area contributed by atoms with Crippen LogP contribution in [0.4, 0.5) is 0 Å². The third kappa shape index (κ3) is 0.867. The highest BCUT2D eigenvalue weighted by Gasteiger charge is 2.29. The van der Waals surface area contributed by atoms with Crippen molar-refractivity contribution in [2.45, 2.75) is 4.83 Å². The Labute approximate surface area is 89.9 Å². The highest BCUT2D eigenvalue weighted by molar-refractivity contribution is 9.09. The summed E-state index contributed by atoms with van der Waals surface area (Å²) in [4.78, 5) is 11.7. The number of Topliss-reactive ketones (excluding diaryl/α,β-unsaturated/α-hetero) is 1. The predicted molar refractivity (Wildman–Crippen MR) is 59.9 cm³/mol. The maximum Gasteiger partial charge on any atom is 0.181 e. The Morgan fingerprint density at radius 3 is 2.57 bits per heavy atom. The molecule has 1 unspecified atom stereocenters. The Morgan fingerprint density at radius 1 is 1.07 bits per heavy atom. The fraction of sp³-hybridized carbons (Fsp3) is 0.0833. The van der Waals surface area contributed by atoms with Gasteiger partial charge in [0.2, 0.25) is 0 Å². The number of halogens is 1. The van der Waals surface area contributed by atoms with E-state index in [4.69, 9.17) is 0 Å². The quantitative estimate of drug-likeness (QED) is 0.651. The lowest BCUT2D eigenvalue weighted by Gasteiger charge is -2.00. The molecule has 14 heavy (non-hydrogen) atoms. The van der Waals surface area contributed by atoms with Gasteiger partial charge in [0.05, 0.1) is 0 Å². The summed E-state index contributed by atoms with van der Waals surface area (Å²) in [6.45, 7) is 0. The van der Waals surface area contributed by atoms with Crippen LogP contribution in [0.1, 0.15) is 20.7 Å². The Balaban J connectivity index is 2.55. The highest BCUT2D eigenvalue weighted by Crippen LogP contribution is 2.41. The van der Waals surface area contributed by atoms with Crippen molar-refractivity contribution in [3.8, 4) is 0 Å². The van der Waals surface area contributed by atoms with Crippen LogP contribution in [0.3, 0.4) is 0 Å². The Hall–Kier alpha value is -1.15. The van der Waals surface area contributed by atoms with Crippen molar-refractivity contribution < 1.29 is 4.79 Å². The second-order valence-electron chi connectivity index (χ2n) is 3.48. The molecule has 0 aliphatic heterocycles.